The van der Waals surface area contributed by atoms with Crippen LogP contribution in [0.2, 0.25) is 10.0 Å². The molecule has 3 amide bonds. The highest BCUT2D eigenvalue weighted by Crippen LogP contribution is 2.30. The molecule has 0 atom stereocenters. The second kappa shape index (κ2) is 12.7. The van der Waals surface area contributed by atoms with E-state index in [0.29, 0.717) is 53.3 Å². The normalized spacial score (nSPS) is 15.4. The van der Waals surface area contributed by atoms with Gasteiger partial charge in [0.05, 0.1) is 29.5 Å². The highest BCUT2D eigenvalue weighted by molar-refractivity contribution is 6.36. The van der Waals surface area contributed by atoms with Gasteiger partial charge in [0.25, 0.3) is 5.91 Å². The molecule has 0 radical (unpaired) electrons. The zero-order chi connectivity index (χ0) is 27.2. The fourth-order valence-electron chi connectivity index (χ4n) is 4.90. The number of ether oxygens (including phenoxy) is 1. The van der Waals surface area contributed by atoms with Crippen LogP contribution in [-0.4, -0.2) is 62.8 Å². The van der Waals surface area contributed by atoms with Crippen molar-refractivity contribution < 1.29 is 14.3 Å². The van der Waals surface area contributed by atoms with Gasteiger partial charge in [-0.3, -0.25) is 9.69 Å². The Labute approximate surface area is 238 Å². The Hall–Kier alpha value is -3.30. The lowest BCUT2D eigenvalue weighted by molar-refractivity contribution is 0.0383. The van der Waals surface area contributed by atoms with Crippen molar-refractivity contribution in [2.45, 2.75) is 13.0 Å². The SMILES string of the molecule is O=C(Nc1ccc(N2CCc3ccccc3C2)c(C(=O)NCCN2CCOCC2)c1)Nc1ccc(Cl)cc1Cl. The summed E-state index contributed by atoms with van der Waals surface area (Å²) in [5.74, 6) is -0.179. The molecular weight excluding hydrogens is 537 g/mol. The van der Waals surface area contributed by atoms with Gasteiger partial charge in [0.2, 0.25) is 0 Å². The highest BCUT2D eigenvalue weighted by Gasteiger charge is 2.22. The van der Waals surface area contributed by atoms with Crippen LogP contribution in [0.15, 0.2) is 60.7 Å². The molecule has 0 aliphatic carbocycles. The number of anilines is 3. The average Bonchev–Trinajstić information content (AvgIpc) is 2.95. The summed E-state index contributed by atoms with van der Waals surface area (Å²) in [6.45, 7) is 5.94. The van der Waals surface area contributed by atoms with Gasteiger partial charge < -0.3 is 25.6 Å². The Morgan fingerprint density at radius 1 is 0.897 bits per heavy atom. The van der Waals surface area contributed by atoms with Crippen molar-refractivity contribution in [3.05, 3.63) is 87.4 Å². The molecule has 5 rings (SSSR count). The van der Waals surface area contributed by atoms with Gasteiger partial charge in [0.15, 0.2) is 0 Å². The van der Waals surface area contributed by atoms with E-state index in [4.69, 9.17) is 27.9 Å². The van der Waals surface area contributed by atoms with E-state index in [-0.39, 0.29) is 5.91 Å². The number of carbonyl (C=O) groups excluding carboxylic acids is 2. The standard InChI is InChI=1S/C29H31Cl2N5O3/c30-22-5-7-26(25(31)17-22)34-29(38)33-23-6-8-27(36-11-9-20-3-1-2-4-21(20)19-36)24(18-23)28(37)32-10-12-35-13-15-39-16-14-35/h1-8,17-18H,9-16,19H2,(H,32,37)(H2,33,34,38). The number of rotatable bonds is 7. The Morgan fingerprint density at radius 2 is 1.69 bits per heavy atom. The maximum Gasteiger partial charge on any atom is 0.323 e. The third-order valence-electron chi connectivity index (χ3n) is 6.97. The maximum atomic E-state index is 13.5. The van der Waals surface area contributed by atoms with Gasteiger partial charge in [-0.05, 0) is 53.9 Å². The number of halogens is 2. The number of nitrogens with one attached hydrogen (secondary N) is 3. The largest absolute Gasteiger partial charge is 0.379 e. The summed E-state index contributed by atoms with van der Waals surface area (Å²) in [5.41, 5.74) is 4.86. The second-order valence-electron chi connectivity index (χ2n) is 9.59. The molecule has 8 nitrogen and oxygen atoms in total. The minimum Gasteiger partial charge on any atom is -0.379 e. The zero-order valence-electron chi connectivity index (χ0n) is 21.5. The smallest absolute Gasteiger partial charge is 0.323 e. The van der Waals surface area contributed by atoms with Crippen molar-refractivity contribution in [3.63, 3.8) is 0 Å². The van der Waals surface area contributed by atoms with E-state index < -0.39 is 6.03 Å². The molecule has 0 aromatic heterocycles. The van der Waals surface area contributed by atoms with Crippen molar-refractivity contribution in [3.8, 4) is 0 Å². The summed E-state index contributed by atoms with van der Waals surface area (Å²) < 4.78 is 5.41. The predicted octanol–water partition coefficient (Wildman–Crippen LogP) is 5.26. The summed E-state index contributed by atoms with van der Waals surface area (Å²) in [7, 11) is 0. The van der Waals surface area contributed by atoms with E-state index in [1.54, 1.807) is 24.3 Å². The number of hydrogen-bond donors (Lipinski definition) is 3. The summed E-state index contributed by atoms with van der Waals surface area (Å²) in [6.07, 6.45) is 0.901. The Bertz CT molecular complexity index is 1350. The topological polar surface area (TPSA) is 85.9 Å². The fraction of sp³-hybridized carbons (Fsp3) is 0.310. The summed E-state index contributed by atoms with van der Waals surface area (Å²) in [6, 6.07) is 18.2. The van der Waals surface area contributed by atoms with Gasteiger partial charge >= 0.3 is 6.03 Å². The predicted molar refractivity (Wildman–Crippen MR) is 156 cm³/mol. The van der Waals surface area contributed by atoms with E-state index >= 15 is 0 Å². The molecule has 0 bridgehead atoms. The zero-order valence-corrected chi connectivity index (χ0v) is 23.0. The van der Waals surface area contributed by atoms with Gasteiger partial charge in [0, 0.05) is 55.7 Å². The number of benzene rings is 3. The van der Waals surface area contributed by atoms with Gasteiger partial charge in [-0.2, -0.15) is 0 Å². The Morgan fingerprint density at radius 3 is 2.49 bits per heavy atom. The van der Waals surface area contributed by atoms with Crippen LogP contribution in [-0.2, 0) is 17.7 Å². The quantitative estimate of drug-likeness (QED) is 0.362. The van der Waals surface area contributed by atoms with Crippen LogP contribution >= 0.6 is 23.2 Å². The first kappa shape index (κ1) is 27.3. The number of morpholine rings is 1. The molecule has 3 aromatic rings. The molecule has 0 saturated carbocycles. The Balaban J connectivity index is 1.33. The highest BCUT2D eigenvalue weighted by atomic mass is 35.5. The van der Waals surface area contributed by atoms with Crippen molar-refractivity contribution in [1.82, 2.24) is 10.2 Å². The van der Waals surface area contributed by atoms with Crippen molar-refractivity contribution in [1.29, 1.82) is 0 Å². The van der Waals surface area contributed by atoms with Gasteiger partial charge in [-0.25, -0.2) is 4.79 Å². The first-order chi connectivity index (χ1) is 19.0. The molecule has 10 heteroatoms. The van der Waals surface area contributed by atoms with Crippen LogP contribution in [0.5, 0.6) is 0 Å². The fourth-order valence-corrected chi connectivity index (χ4v) is 5.35. The number of amides is 3. The summed E-state index contributed by atoms with van der Waals surface area (Å²) in [5, 5.41) is 9.43. The molecule has 0 spiro atoms. The first-order valence-electron chi connectivity index (χ1n) is 13.0. The molecule has 1 fully saturated rings. The number of carbonyl (C=O) groups is 2. The number of hydrogen-bond acceptors (Lipinski definition) is 5. The third kappa shape index (κ3) is 7.02. The van der Waals surface area contributed by atoms with Gasteiger partial charge in [-0.1, -0.05) is 47.5 Å². The van der Waals surface area contributed by atoms with Gasteiger partial charge in [-0.15, -0.1) is 0 Å². The van der Waals surface area contributed by atoms with E-state index in [9.17, 15) is 9.59 Å². The Kier molecular flexibility index (Phi) is 8.88. The van der Waals surface area contributed by atoms with Crippen LogP contribution in [0.3, 0.4) is 0 Å². The molecule has 39 heavy (non-hydrogen) atoms. The van der Waals surface area contributed by atoms with Crippen LogP contribution in [0, 0.1) is 0 Å². The van der Waals surface area contributed by atoms with Crippen LogP contribution in [0.1, 0.15) is 21.5 Å². The van der Waals surface area contributed by atoms with E-state index in [1.807, 2.05) is 18.2 Å². The maximum absolute atomic E-state index is 13.5. The van der Waals surface area contributed by atoms with Crippen molar-refractivity contribution >= 4 is 52.2 Å². The summed E-state index contributed by atoms with van der Waals surface area (Å²) in [4.78, 5) is 30.7. The lowest BCUT2D eigenvalue weighted by atomic mass is 9.98. The number of nitrogens with zero attached hydrogens (tertiary/aromatic N) is 2. The van der Waals surface area contributed by atoms with Crippen LogP contribution in [0.4, 0.5) is 21.9 Å². The van der Waals surface area contributed by atoms with Crippen LogP contribution < -0.4 is 20.9 Å². The monoisotopic (exact) mass is 567 g/mol. The van der Waals surface area contributed by atoms with Crippen molar-refractivity contribution in [2.24, 2.45) is 0 Å². The minimum absolute atomic E-state index is 0.179. The number of urea groups is 1. The van der Waals surface area contributed by atoms with Crippen LogP contribution in [0.25, 0.3) is 0 Å². The molecule has 3 N–H and O–H groups in total. The molecular formula is C29H31Cl2N5O3. The van der Waals surface area contributed by atoms with E-state index in [1.165, 1.54) is 11.1 Å². The van der Waals surface area contributed by atoms with E-state index in [2.05, 4.69) is 43.9 Å². The lowest BCUT2D eigenvalue weighted by Crippen LogP contribution is -2.41. The van der Waals surface area contributed by atoms with Gasteiger partial charge in [0.1, 0.15) is 0 Å². The molecule has 2 heterocycles. The minimum atomic E-state index is -0.474. The summed E-state index contributed by atoms with van der Waals surface area (Å²) >= 11 is 12.1. The average molecular weight is 569 g/mol. The molecule has 204 valence electrons. The van der Waals surface area contributed by atoms with Crippen molar-refractivity contribution in [2.75, 3.05) is 61.5 Å². The molecule has 2 aliphatic heterocycles. The molecule has 2 aliphatic rings. The molecule has 3 aromatic carbocycles. The second-order valence-corrected chi connectivity index (χ2v) is 10.4. The third-order valence-corrected chi connectivity index (χ3v) is 7.51. The molecule has 1 saturated heterocycles. The first-order valence-corrected chi connectivity index (χ1v) is 13.8. The van der Waals surface area contributed by atoms with E-state index in [0.717, 1.165) is 38.3 Å². The number of fused-ring (bicyclic) bond motifs is 1. The molecule has 0 unspecified atom stereocenters. The lowest BCUT2D eigenvalue weighted by Gasteiger charge is -2.32.